The molecule has 6 heteroatoms. The van der Waals surface area contributed by atoms with Crippen LogP contribution in [0.25, 0.3) is 277 Å². The number of hydrogen-bond acceptors (Lipinski definition) is 3. The number of thiophene rings is 3. The van der Waals surface area contributed by atoms with Gasteiger partial charge in [-0.2, -0.15) is 0 Å². The standard InChI is InChI=1S/3C48H31NS/c1-3-13-32(14-4-1)34-25-27-44-41(30-34)42-31-35(33-15-5-2-6-16-33)26-28-45(42)49(44)43-22-9-7-19-38(43)36-17-11-18-37(29-36)39-21-12-24-47-48(39)40-20-8-10-23-46(40)50-47;1-3-12-32(13-4-1)36-26-28-45-42(30-36)43-31-37(33-14-5-2-6-15-33)27-29-46(43)49(45)44-20-9-7-16-38(44)34-22-24-35(25-23-34)39-18-11-19-41-40-17-8-10-21-47(40)50-48(39)41;1-3-11-32(12-4-1)36-24-27-45-42(29-36)43-30-37(33-13-5-2-6-14-33)25-28-46(43)49(45)44-17-9-7-15-39(44)35-21-19-34(20-22-35)38-23-26-41-40-16-8-10-18-47(40)50-48(41)31-38/h3*1-31H. The van der Waals surface area contributed by atoms with Gasteiger partial charge in [0.15, 0.2) is 0 Å². The lowest BCUT2D eigenvalue weighted by molar-refractivity contribution is 1.18. The molecular weight excluding hydrogens is 1870 g/mol. The first kappa shape index (κ1) is 89.0. The van der Waals surface area contributed by atoms with Crippen LogP contribution in [0.4, 0.5) is 0 Å². The highest BCUT2D eigenvalue weighted by molar-refractivity contribution is 7.27. The summed E-state index contributed by atoms with van der Waals surface area (Å²) in [7, 11) is 0. The van der Waals surface area contributed by atoms with Gasteiger partial charge in [0.2, 0.25) is 0 Å². The van der Waals surface area contributed by atoms with E-state index in [1.54, 1.807) is 0 Å². The molecule has 6 aromatic heterocycles. The first-order valence-electron chi connectivity index (χ1n) is 51.3. The molecule has 150 heavy (non-hydrogen) atoms. The maximum Gasteiger partial charge on any atom is 0.0541 e. The van der Waals surface area contributed by atoms with E-state index >= 15 is 0 Å². The van der Waals surface area contributed by atoms with Gasteiger partial charge in [-0.25, -0.2) is 0 Å². The zero-order valence-corrected chi connectivity index (χ0v) is 84.2. The molecule has 0 spiro atoms. The van der Waals surface area contributed by atoms with Crippen LogP contribution in [0.15, 0.2) is 564 Å². The minimum Gasteiger partial charge on any atom is -0.309 e. The minimum atomic E-state index is 1.17. The normalized spacial score (nSPS) is 11.6. The summed E-state index contributed by atoms with van der Waals surface area (Å²) in [4.78, 5) is 0. The number of fused-ring (bicyclic) bond motifs is 18. The smallest absolute Gasteiger partial charge is 0.0541 e. The fourth-order valence-electron chi connectivity index (χ4n) is 22.9. The van der Waals surface area contributed by atoms with Gasteiger partial charge >= 0.3 is 0 Å². The minimum absolute atomic E-state index is 1.17. The second-order valence-electron chi connectivity index (χ2n) is 38.7. The molecule has 0 fully saturated rings. The summed E-state index contributed by atoms with van der Waals surface area (Å²) in [6.45, 7) is 0. The lowest BCUT2D eigenvalue weighted by atomic mass is 9.95. The second kappa shape index (κ2) is 38.1. The molecule has 702 valence electrons. The van der Waals surface area contributed by atoms with E-state index in [4.69, 9.17) is 0 Å². The maximum absolute atomic E-state index is 2.46. The summed E-state index contributed by atoms with van der Waals surface area (Å²) < 4.78 is 15.4. The number of aromatic nitrogens is 3. The van der Waals surface area contributed by atoms with Gasteiger partial charge in [0.1, 0.15) is 0 Å². The van der Waals surface area contributed by atoms with Crippen LogP contribution in [-0.4, -0.2) is 13.7 Å². The number of hydrogen-bond donors (Lipinski definition) is 0. The van der Waals surface area contributed by atoms with Gasteiger partial charge in [0.25, 0.3) is 0 Å². The van der Waals surface area contributed by atoms with E-state index in [0.717, 1.165) is 0 Å². The number of benzene rings is 24. The third-order valence-electron chi connectivity index (χ3n) is 30.1. The molecular formula is C144H93N3S3. The van der Waals surface area contributed by atoms with Gasteiger partial charge in [0, 0.05) is 110 Å². The average Bonchev–Trinajstić information content (AvgIpc) is 1.58. The summed E-state index contributed by atoms with van der Waals surface area (Å²) in [5.41, 5.74) is 40.1. The predicted molar refractivity (Wildman–Crippen MR) is 646 cm³/mol. The van der Waals surface area contributed by atoms with Gasteiger partial charge in [0.05, 0.1) is 50.2 Å². The van der Waals surface area contributed by atoms with Crippen molar-refractivity contribution in [3.05, 3.63) is 564 Å². The Balaban J connectivity index is 0.000000108. The van der Waals surface area contributed by atoms with E-state index in [9.17, 15) is 0 Å². The molecule has 0 amide bonds. The molecule has 0 atom stereocenters. The van der Waals surface area contributed by atoms with E-state index in [-0.39, 0.29) is 0 Å². The van der Waals surface area contributed by atoms with Crippen molar-refractivity contribution in [1.82, 2.24) is 13.7 Å². The third-order valence-corrected chi connectivity index (χ3v) is 33.6. The Morgan fingerprint density at radius 3 is 0.747 bits per heavy atom. The zero-order valence-electron chi connectivity index (χ0n) is 81.8. The summed E-state index contributed by atoms with van der Waals surface area (Å²) in [5, 5.41) is 15.5. The Hall–Kier alpha value is -18.7. The van der Waals surface area contributed by atoms with Crippen molar-refractivity contribution >= 4 is 160 Å². The lowest BCUT2D eigenvalue weighted by Crippen LogP contribution is -1.97. The summed E-state index contributed by atoms with van der Waals surface area (Å²) >= 11 is 5.62. The van der Waals surface area contributed by atoms with Crippen molar-refractivity contribution in [2.75, 3.05) is 0 Å². The molecule has 0 aliphatic rings. The average molecular weight is 1960 g/mol. The van der Waals surface area contributed by atoms with E-state index < -0.39 is 0 Å². The molecule has 24 aromatic carbocycles. The molecule has 0 bridgehead atoms. The Kier molecular flexibility index (Phi) is 22.6. The highest BCUT2D eigenvalue weighted by Crippen LogP contribution is 2.50. The Morgan fingerprint density at radius 2 is 0.347 bits per heavy atom. The quantitative estimate of drug-likeness (QED) is 0.0972. The number of para-hydroxylation sites is 3. The molecule has 30 rings (SSSR count). The fourth-order valence-corrected chi connectivity index (χ4v) is 26.4. The summed E-state index contributed by atoms with van der Waals surface area (Å²) in [5.74, 6) is 0. The second-order valence-corrected chi connectivity index (χ2v) is 42.0. The van der Waals surface area contributed by atoms with Gasteiger partial charge in [-0.05, 0) is 244 Å². The van der Waals surface area contributed by atoms with Crippen LogP contribution in [0.2, 0.25) is 0 Å². The van der Waals surface area contributed by atoms with Gasteiger partial charge in [-0.15, -0.1) is 34.0 Å². The van der Waals surface area contributed by atoms with E-state index in [0.29, 0.717) is 0 Å². The van der Waals surface area contributed by atoms with E-state index in [2.05, 4.69) is 578 Å². The van der Waals surface area contributed by atoms with Gasteiger partial charge in [-0.3, -0.25) is 0 Å². The van der Waals surface area contributed by atoms with Crippen LogP contribution in [0.3, 0.4) is 0 Å². The molecule has 0 saturated carbocycles. The van der Waals surface area contributed by atoms with Crippen LogP contribution in [0, 0.1) is 0 Å². The monoisotopic (exact) mass is 1960 g/mol. The predicted octanol–water partition coefficient (Wildman–Crippen LogP) is 41.5. The largest absolute Gasteiger partial charge is 0.309 e. The first-order chi connectivity index (χ1) is 74.4. The molecule has 0 aliphatic heterocycles. The third kappa shape index (κ3) is 16.0. The highest BCUT2D eigenvalue weighted by Gasteiger charge is 2.25. The molecule has 0 radical (unpaired) electrons. The molecule has 0 aliphatic carbocycles. The van der Waals surface area contributed by atoms with Crippen molar-refractivity contribution in [3.8, 4) is 151 Å². The maximum atomic E-state index is 2.46. The van der Waals surface area contributed by atoms with Crippen LogP contribution in [0.5, 0.6) is 0 Å². The molecule has 0 unspecified atom stereocenters. The van der Waals surface area contributed by atoms with Gasteiger partial charge < -0.3 is 13.7 Å². The molecule has 6 heterocycles. The fraction of sp³-hybridized carbons (Fsp3) is 0. The molecule has 30 aromatic rings. The number of rotatable bonds is 15. The molecule has 3 nitrogen and oxygen atoms in total. The van der Waals surface area contributed by atoms with Crippen molar-refractivity contribution in [1.29, 1.82) is 0 Å². The first-order valence-corrected chi connectivity index (χ1v) is 53.7. The van der Waals surface area contributed by atoms with Crippen molar-refractivity contribution < 1.29 is 0 Å². The SMILES string of the molecule is c1ccc(-c2ccc3c(c2)c2cc(-c4ccccc4)ccc2n3-c2ccccc2-c2ccc(-c3ccc4c(c3)sc3ccccc34)cc2)cc1.c1ccc(-c2ccc3c(c2)c2cc(-c4ccccc4)ccc2n3-c2ccccc2-c2ccc(-c3cccc4c3sc3ccccc34)cc2)cc1.c1ccc(-c2ccc3c(c2)c2cc(-c4ccccc4)ccc2n3-c2ccccc2-c2cccc(-c3cccc4sc5ccccc5c34)c2)cc1. The molecule has 0 saturated heterocycles. The Labute approximate surface area is 881 Å². The highest BCUT2D eigenvalue weighted by atomic mass is 32.1. The summed E-state index contributed by atoms with van der Waals surface area (Å²) in [6.07, 6.45) is 0. The van der Waals surface area contributed by atoms with Crippen LogP contribution in [0.1, 0.15) is 0 Å². The zero-order chi connectivity index (χ0) is 99.1. The number of nitrogens with zero attached hydrogens (tertiary/aromatic N) is 3. The van der Waals surface area contributed by atoms with Crippen molar-refractivity contribution in [3.63, 3.8) is 0 Å². The van der Waals surface area contributed by atoms with Crippen LogP contribution >= 0.6 is 34.0 Å². The topological polar surface area (TPSA) is 14.8 Å². The van der Waals surface area contributed by atoms with Crippen LogP contribution in [-0.2, 0) is 0 Å². The van der Waals surface area contributed by atoms with Crippen molar-refractivity contribution in [2.45, 2.75) is 0 Å². The van der Waals surface area contributed by atoms with Crippen LogP contribution < -0.4 is 0 Å². The van der Waals surface area contributed by atoms with E-state index in [1.165, 1.54) is 277 Å². The molecule has 0 N–H and O–H groups in total. The van der Waals surface area contributed by atoms with Gasteiger partial charge in [-0.1, -0.05) is 437 Å². The Bertz CT molecular complexity index is 10100. The Morgan fingerprint density at radius 1 is 0.113 bits per heavy atom. The lowest BCUT2D eigenvalue weighted by Gasteiger charge is -2.15. The van der Waals surface area contributed by atoms with E-state index in [1.807, 2.05) is 34.0 Å². The van der Waals surface area contributed by atoms with Crippen molar-refractivity contribution in [2.24, 2.45) is 0 Å². The summed E-state index contributed by atoms with van der Waals surface area (Å²) in [6, 6.07) is 206.